The van der Waals surface area contributed by atoms with Gasteiger partial charge >= 0.3 is 11.7 Å². The number of benzene rings is 1. The number of ether oxygens (including phenoxy) is 1. The second kappa shape index (κ2) is 6.99. The minimum absolute atomic E-state index is 0.128. The van der Waals surface area contributed by atoms with E-state index in [4.69, 9.17) is 10.5 Å². The number of aliphatic hydroxyl groups is 1. The van der Waals surface area contributed by atoms with Crippen molar-refractivity contribution in [3.63, 3.8) is 0 Å². The number of carbonyl (C=O) groups excluding carboxylic acids is 2. The number of halogens is 1. The average molecular weight is 362 g/mol. The Hall–Kier alpha value is -2.20. The number of imide groups is 1. The molecule has 1 aromatic carbocycles. The fraction of sp³-hybridized carbons (Fsp3) is 0.273. The van der Waals surface area contributed by atoms with Crippen LogP contribution in [-0.4, -0.2) is 28.6 Å². The number of nitro benzene ring substituents is 1. The van der Waals surface area contributed by atoms with Crippen molar-refractivity contribution in [3.05, 3.63) is 32.3 Å². The summed E-state index contributed by atoms with van der Waals surface area (Å²) < 4.78 is 5.44. The summed E-state index contributed by atoms with van der Waals surface area (Å²) in [6.07, 6.45) is -1.06. The Kier molecular flexibility index (Phi) is 5.61. The Labute approximate surface area is 127 Å². The van der Waals surface area contributed by atoms with E-state index < -0.39 is 35.3 Å². The number of urea groups is 1. The third kappa shape index (κ3) is 4.68. The van der Waals surface area contributed by atoms with Gasteiger partial charge < -0.3 is 15.6 Å². The summed E-state index contributed by atoms with van der Waals surface area (Å²) in [5.74, 6) is -1.12. The number of nitro groups is 1. The zero-order valence-electron chi connectivity index (χ0n) is 10.8. The number of amides is 3. The lowest BCUT2D eigenvalue weighted by Gasteiger charge is -2.13. The Bertz CT molecular complexity index is 590. The maximum atomic E-state index is 11.3. The molecule has 3 amide bonds. The quantitative estimate of drug-likeness (QED) is 0.526. The first-order valence-corrected chi connectivity index (χ1v) is 6.39. The second-order valence-electron chi connectivity index (χ2n) is 3.98. The van der Waals surface area contributed by atoms with Crippen molar-refractivity contribution in [2.45, 2.75) is 13.0 Å². The van der Waals surface area contributed by atoms with Gasteiger partial charge in [-0.2, -0.15) is 0 Å². The van der Waals surface area contributed by atoms with E-state index in [0.29, 0.717) is 4.47 Å². The first-order chi connectivity index (χ1) is 9.72. The van der Waals surface area contributed by atoms with Crippen LogP contribution in [-0.2, 0) is 4.79 Å². The molecule has 9 nitrogen and oxygen atoms in total. The molecule has 0 unspecified atom stereocenters. The molecule has 0 saturated carbocycles. The van der Waals surface area contributed by atoms with Crippen LogP contribution < -0.4 is 15.8 Å². The lowest BCUT2D eigenvalue weighted by atomic mass is 10.1. The molecule has 0 radical (unpaired) electrons. The lowest BCUT2D eigenvalue weighted by Crippen LogP contribution is -2.38. The zero-order chi connectivity index (χ0) is 16.2. The third-order valence-electron chi connectivity index (χ3n) is 2.32. The predicted molar refractivity (Wildman–Crippen MR) is 74.7 cm³/mol. The molecule has 0 spiro atoms. The van der Waals surface area contributed by atoms with E-state index in [0.717, 1.165) is 0 Å². The first-order valence-electron chi connectivity index (χ1n) is 5.60. The fourth-order valence-electron chi connectivity index (χ4n) is 1.51. The maximum absolute atomic E-state index is 11.3. The summed E-state index contributed by atoms with van der Waals surface area (Å²) in [7, 11) is 0. The standard InChI is InChI=1S/C11H12BrN3O6/c1-5(16)7-2-6(12)3-8(15(19)20)10(7)21-4-9(17)14-11(13)18/h2-3,5,16H,4H2,1H3,(H3,13,14,17,18)/t5-/m0/s1. The topological polar surface area (TPSA) is 145 Å². The van der Waals surface area contributed by atoms with Crippen molar-refractivity contribution in [1.82, 2.24) is 5.32 Å². The average Bonchev–Trinajstić information content (AvgIpc) is 2.35. The highest BCUT2D eigenvalue weighted by Gasteiger charge is 2.24. The molecular formula is C11H12BrN3O6. The Balaban J connectivity index is 3.11. The van der Waals surface area contributed by atoms with Gasteiger partial charge in [0.15, 0.2) is 6.61 Å². The molecule has 0 aromatic heterocycles. The number of carbonyl (C=O) groups is 2. The van der Waals surface area contributed by atoms with Gasteiger partial charge in [0.05, 0.1) is 11.0 Å². The number of hydrogen-bond donors (Lipinski definition) is 3. The van der Waals surface area contributed by atoms with Crippen LogP contribution in [0, 0.1) is 10.1 Å². The molecule has 0 saturated heterocycles. The number of rotatable bonds is 5. The second-order valence-corrected chi connectivity index (χ2v) is 4.89. The van der Waals surface area contributed by atoms with E-state index >= 15 is 0 Å². The molecule has 1 aromatic rings. The van der Waals surface area contributed by atoms with Gasteiger partial charge in [-0.1, -0.05) is 15.9 Å². The first kappa shape index (κ1) is 16.9. The van der Waals surface area contributed by atoms with Gasteiger partial charge in [-0.05, 0) is 13.0 Å². The van der Waals surface area contributed by atoms with Gasteiger partial charge in [0.1, 0.15) is 0 Å². The molecule has 0 aliphatic heterocycles. The SMILES string of the molecule is C[C@H](O)c1cc(Br)cc([N+](=O)[O-])c1OCC(=O)NC(N)=O. The number of primary amides is 1. The summed E-state index contributed by atoms with van der Waals surface area (Å²) in [5, 5.41) is 22.4. The number of nitrogens with two attached hydrogens (primary N) is 1. The van der Waals surface area contributed by atoms with Gasteiger partial charge in [0.25, 0.3) is 5.91 Å². The highest BCUT2D eigenvalue weighted by molar-refractivity contribution is 9.10. The van der Waals surface area contributed by atoms with E-state index in [1.165, 1.54) is 19.1 Å². The summed E-state index contributed by atoms with van der Waals surface area (Å²) in [4.78, 5) is 32.1. The van der Waals surface area contributed by atoms with Gasteiger partial charge in [-0.15, -0.1) is 0 Å². The van der Waals surface area contributed by atoms with E-state index in [1.54, 1.807) is 5.32 Å². The molecular weight excluding hydrogens is 350 g/mol. The lowest BCUT2D eigenvalue weighted by molar-refractivity contribution is -0.386. The fourth-order valence-corrected chi connectivity index (χ4v) is 1.98. The van der Waals surface area contributed by atoms with Crippen molar-refractivity contribution in [3.8, 4) is 5.75 Å². The Morgan fingerprint density at radius 1 is 1.57 bits per heavy atom. The molecule has 21 heavy (non-hydrogen) atoms. The minimum atomic E-state index is -1.07. The van der Waals surface area contributed by atoms with Crippen LogP contribution in [0.15, 0.2) is 16.6 Å². The molecule has 0 bridgehead atoms. The van der Waals surface area contributed by atoms with Gasteiger partial charge in [-0.25, -0.2) is 4.79 Å². The molecule has 10 heteroatoms. The molecule has 1 atom stereocenters. The highest BCUT2D eigenvalue weighted by Crippen LogP contribution is 2.37. The van der Waals surface area contributed by atoms with Crippen LogP contribution in [0.4, 0.5) is 10.5 Å². The van der Waals surface area contributed by atoms with Gasteiger partial charge in [-0.3, -0.25) is 20.2 Å². The molecule has 1 rings (SSSR count). The van der Waals surface area contributed by atoms with E-state index in [1.807, 2.05) is 0 Å². The zero-order valence-corrected chi connectivity index (χ0v) is 12.4. The molecule has 0 heterocycles. The van der Waals surface area contributed by atoms with Crippen molar-refractivity contribution in [2.24, 2.45) is 5.73 Å². The molecule has 114 valence electrons. The van der Waals surface area contributed by atoms with Gasteiger partial charge in [0, 0.05) is 16.1 Å². The Morgan fingerprint density at radius 2 is 2.19 bits per heavy atom. The normalized spacial score (nSPS) is 11.6. The van der Waals surface area contributed by atoms with Crippen LogP contribution in [0.3, 0.4) is 0 Å². The summed E-state index contributed by atoms with van der Waals surface area (Å²) in [6.45, 7) is 0.729. The number of nitrogens with one attached hydrogen (secondary N) is 1. The van der Waals surface area contributed by atoms with Crippen molar-refractivity contribution in [1.29, 1.82) is 0 Å². The van der Waals surface area contributed by atoms with Crippen LogP contribution in [0.1, 0.15) is 18.6 Å². The van der Waals surface area contributed by atoms with Crippen LogP contribution in [0.5, 0.6) is 5.75 Å². The number of aliphatic hydroxyl groups excluding tert-OH is 1. The predicted octanol–water partition coefficient (Wildman–Crippen LogP) is 0.984. The molecule has 4 N–H and O–H groups in total. The summed E-state index contributed by atoms with van der Waals surface area (Å²) in [5.41, 5.74) is 4.46. The monoisotopic (exact) mass is 361 g/mol. The Morgan fingerprint density at radius 3 is 2.67 bits per heavy atom. The summed E-state index contributed by atoms with van der Waals surface area (Å²) >= 11 is 3.08. The van der Waals surface area contributed by atoms with Crippen molar-refractivity contribution >= 4 is 33.6 Å². The summed E-state index contributed by atoms with van der Waals surface area (Å²) in [6, 6.07) is 1.54. The minimum Gasteiger partial charge on any atom is -0.476 e. The largest absolute Gasteiger partial charge is 0.476 e. The van der Waals surface area contributed by atoms with Gasteiger partial charge in [0.2, 0.25) is 5.75 Å². The molecule has 0 aliphatic carbocycles. The third-order valence-corrected chi connectivity index (χ3v) is 2.78. The van der Waals surface area contributed by atoms with Crippen LogP contribution in [0.2, 0.25) is 0 Å². The maximum Gasteiger partial charge on any atom is 0.318 e. The smallest absolute Gasteiger partial charge is 0.318 e. The number of hydrogen-bond acceptors (Lipinski definition) is 6. The highest BCUT2D eigenvalue weighted by atomic mass is 79.9. The van der Waals surface area contributed by atoms with Crippen LogP contribution in [0.25, 0.3) is 0 Å². The number of nitrogens with zero attached hydrogens (tertiary/aromatic N) is 1. The van der Waals surface area contributed by atoms with Crippen molar-refractivity contribution in [2.75, 3.05) is 6.61 Å². The van der Waals surface area contributed by atoms with Crippen LogP contribution >= 0.6 is 15.9 Å². The molecule has 0 aliphatic rings. The van der Waals surface area contributed by atoms with E-state index in [-0.39, 0.29) is 11.3 Å². The van der Waals surface area contributed by atoms with E-state index in [2.05, 4.69) is 15.9 Å². The van der Waals surface area contributed by atoms with E-state index in [9.17, 15) is 24.8 Å². The molecule has 0 fully saturated rings. The van der Waals surface area contributed by atoms with Crippen molar-refractivity contribution < 1.29 is 24.4 Å².